The number of hydrogen-bond acceptors (Lipinski definition) is 25. The van der Waals surface area contributed by atoms with Crippen molar-refractivity contribution < 1.29 is 83.8 Å². The number of hydrogen-bond donors (Lipinski definition) is 20. The minimum atomic E-state index is -2.39. The lowest BCUT2D eigenvalue weighted by Crippen LogP contribution is -2.34. The lowest BCUT2D eigenvalue weighted by molar-refractivity contribution is 0.0702. The Morgan fingerprint density at radius 3 is 0.983 bits per heavy atom. The van der Waals surface area contributed by atoms with Crippen LogP contribution >= 0.6 is 0 Å². The van der Waals surface area contributed by atoms with Crippen molar-refractivity contribution in [1.29, 1.82) is 0 Å². The van der Waals surface area contributed by atoms with Crippen LogP contribution in [0.5, 0.6) is 0 Å². The van der Waals surface area contributed by atoms with E-state index in [1.54, 1.807) is 6.92 Å². The number of carbonyl (C=O) groups excluding carboxylic acids is 5. The molecule has 27 atom stereocenters. The van der Waals surface area contributed by atoms with E-state index in [-0.39, 0.29) is 91.1 Å². The molecule has 35 nitrogen and oxygen atoms in total. The van der Waals surface area contributed by atoms with Gasteiger partial charge in [0.15, 0.2) is 0 Å². The van der Waals surface area contributed by atoms with Gasteiger partial charge >= 0.3 is 0 Å². The average molecular weight is 1630 g/mol. The lowest BCUT2D eigenvalue weighted by Gasteiger charge is -2.28. The van der Waals surface area contributed by atoms with Crippen molar-refractivity contribution in [2.24, 2.45) is 83.2 Å². The lowest BCUT2D eigenvalue weighted by atomic mass is 9.85. The van der Waals surface area contributed by atoms with Gasteiger partial charge in [0.05, 0.1) is 96.7 Å². The molecule has 5 aromatic rings. The van der Waals surface area contributed by atoms with E-state index in [2.05, 4.69) is 101 Å². The highest BCUT2D eigenvalue weighted by Gasteiger charge is 2.32. The van der Waals surface area contributed by atoms with Crippen LogP contribution in [0.15, 0.2) is 55.8 Å². The zero-order valence-electron chi connectivity index (χ0n) is 93.6. The minimum Gasteiger partial charge on any atom is -0.393 e. The van der Waals surface area contributed by atoms with Gasteiger partial charge in [-0.15, -0.1) is 0 Å². The zero-order valence-corrected chi connectivity index (χ0v) is 68.6. The Balaban J connectivity index is 0.000000268. The van der Waals surface area contributed by atoms with Crippen molar-refractivity contribution in [3.63, 3.8) is 0 Å². The molecule has 0 aromatic carbocycles. The van der Waals surface area contributed by atoms with Gasteiger partial charge < -0.3 is 106 Å². The molecule has 640 valence electrons. The third-order valence-corrected chi connectivity index (χ3v) is 16.0. The van der Waals surface area contributed by atoms with E-state index >= 15 is 0 Å². The second kappa shape index (κ2) is 40.9. The van der Waals surface area contributed by atoms with Crippen LogP contribution in [0.4, 0.5) is 29.7 Å². The minimum absolute atomic E-state index is 0.0574. The average Bonchev–Trinajstić information content (AvgIpc) is 0.736. The molecular weight excluding hydrogens is 1470 g/mol. The number of H-pyrrole nitrogens is 5. The number of nitrogens with one attached hydrogen (secondary N) is 10. The highest BCUT2D eigenvalue weighted by molar-refractivity contribution is 5.94. The molecule has 0 aliphatic heterocycles. The van der Waals surface area contributed by atoms with E-state index in [0.717, 1.165) is 0 Å². The normalized spacial score (nSPS) is 39.5. The first-order valence-electron chi connectivity index (χ1n) is 50.4. The molecule has 25 N–H and O–H groups in total. The number of aliphatic hydroxyl groups is 5. The highest BCUT2D eigenvalue weighted by atomic mass is 16.3. The summed E-state index contributed by atoms with van der Waals surface area (Å²) in [6.07, 6.45) is -31.7. The summed E-state index contributed by atoms with van der Waals surface area (Å²) in [5.74, 6) is -9.09. The van der Waals surface area contributed by atoms with Gasteiger partial charge in [0.1, 0.15) is 27.4 Å². The molecule has 5 fully saturated rings. The second-order valence-corrected chi connectivity index (χ2v) is 32.9. The maximum Gasteiger partial charge on any atom is 0.254 e. The van der Waals surface area contributed by atoms with E-state index in [1.807, 2.05) is 104 Å². The van der Waals surface area contributed by atoms with Crippen LogP contribution in [0.2, 0.25) is 0 Å². The Hall–Kier alpha value is -9.45. The third-order valence-electron chi connectivity index (χ3n) is 16.0. The molecule has 27 unspecified atom stereocenters. The summed E-state index contributed by atoms with van der Waals surface area (Å²) < 4.78 is 204. The molecule has 5 aliphatic carbocycles. The molecule has 5 aliphatic rings. The van der Waals surface area contributed by atoms with Crippen LogP contribution in [-0.4, -0.2) is 193 Å². The van der Waals surface area contributed by atoms with Gasteiger partial charge in [0.2, 0.25) is 29.7 Å². The van der Waals surface area contributed by atoms with Crippen LogP contribution in [0.25, 0.3) is 0 Å². The molecule has 5 aromatic heterocycles. The molecule has 0 bridgehead atoms. The van der Waals surface area contributed by atoms with E-state index in [0.29, 0.717) is 0 Å². The van der Waals surface area contributed by atoms with Crippen LogP contribution in [0, 0.1) is 29.6 Å². The Morgan fingerprint density at radius 1 is 0.365 bits per heavy atom. The van der Waals surface area contributed by atoms with Gasteiger partial charge in [-0.3, -0.25) is 48.9 Å². The molecule has 0 radical (unpaired) electrons. The number of aromatic nitrogens is 10. The highest BCUT2D eigenvalue weighted by Crippen LogP contribution is 2.31. The quantitative estimate of drug-likeness (QED) is 0.0584. The molecule has 5 heterocycles. The van der Waals surface area contributed by atoms with Crippen molar-refractivity contribution in [2.45, 2.75) is 323 Å². The van der Waals surface area contributed by atoms with Gasteiger partial charge in [-0.2, -0.15) is 0 Å². The van der Waals surface area contributed by atoms with Crippen molar-refractivity contribution in [1.82, 2.24) is 49.8 Å². The van der Waals surface area contributed by atoms with Gasteiger partial charge in [0.25, 0.3) is 29.5 Å². The molecule has 0 spiro atoms. The summed E-state index contributed by atoms with van der Waals surface area (Å²) in [5, 5.41) is 66.3. The van der Waals surface area contributed by atoms with Crippen LogP contribution in [0.3, 0.4) is 0 Å². The Kier molecular flexibility index (Phi) is 22.3. The molecule has 35 heteroatoms. The van der Waals surface area contributed by atoms with Crippen molar-refractivity contribution in [3.05, 3.63) is 86.1 Å². The van der Waals surface area contributed by atoms with Gasteiger partial charge in [-0.05, 0) is 229 Å². The molecular formula is C80H135N25O10. The summed E-state index contributed by atoms with van der Waals surface area (Å²) in [6, 6.07) is -7.61. The summed E-state index contributed by atoms with van der Waals surface area (Å²) in [4.78, 5) is 113. The number of nitrogens with two attached hydrogens (primary N) is 5. The molecule has 10 rings (SSSR count). The predicted octanol–water partition coefficient (Wildman–Crippen LogP) is 5.85. The number of amides is 5. The summed E-state index contributed by atoms with van der Waals surface area (Å²) >= 11 is 0. The van der Waals surface area contributed by atoms with Crippen molar-refractivity contribution in [3.8, 4) is 0 Å². The second-order valence-electron chi connectivity index (χ2n) is 32.9. The largest absolute Gasteiger partial charge is 0.393 e. The zero-order chi connectivity index (χ0) is 108. The standard InChI is InChI=1S/5C16H27N5O2/c5*1-9-5-6-10(7-12(9)22)19-14-11(13(17)23)8-18-15(20-14)21-16(2,3)4/h5*8-10,12,22H,5-7H2,1-4H3,(H2,17,23)(H2,18,19,20,21)/i5D,6D,7D,8D,9D,10D;5D2,6D,7D,8D;5D,6D2,7D,8D;5D,6D,7D2,8D;5D,6D,7D,8D. The first-order chi connectivity index (χ1) is 63.3. The number of nitrogens with zero attached hydrogens (tertiary/aromatic N) is 10. The Morgan fingerprint density at radius 2 is 0.643 bits per heavy atom. The van der Waals surface area contributed by atoms with Crippen molar-refractivity contribution in [2.75, 3.05) is 26.6 Å². The van der Waals surface area contributed by atoms with Crippen LogP contribution in [-0.2, 0) is 0 Å². The first kappa shape index (κ1) is 62.8. The number of primary amides is 5. The van der Waals surface area contributed by atoms with Crippen LogP contribution < -0.4 is 82.7 Å². The maximum absolute atomic E-state index is 11.9. The third kappa shape index (κ3) is 31.9. The van der Waals surface area contributed by atoms with E-state index in [4.69, 9.17) is 62.9 Å². The van der Waals surface area contributed by atoms with Gasteiger partial charge in [-0.1, -0.05) is 34.6 Å². The first-order valence-corrected chi connectivity index (χ1v) is 37.0. The van der Waals surface area contributed by atoms with Gasteiger partial charge in [-0.25, -0.2) is 24.9 Å². The fourth-order valence-electron chi connectivity index (χ4n) is 10.2. The van der Waals surface area contributed by atoms with E-state index in [9.17, 15) is 49.5 Å². The SMILES string of the molecule is [2H]c1nc(NC(C)(C)C)[nH]c(=NC2([2H])C([2H])C([2H])C([2H])(C)C(O)C2[2H])c1C(N)=O.[2H]c1nc(NC(C)(C)C)[nH]c(=NC2C([2H])C(O)C(C)C([2H])([2H])C2[2H])c1C(N)=O.[2H]c1nc(NC(C)(C)C)[nH]c(=NC2C([2H])C(O)C(C)C([2H])C2([2H])[2H])c1C(N)=O.[2H]c1nc(NC(C)(C)C)[nH]c(=NC2C([2H])C([2H])C(C)C(O)C2([2H])[2H])c1C(N)=O.[2H]c1nc(NC(C)(C)C)[nH]c(=NC2C([2H])C([2H])C(C)C(O)C2[2H])c1C(N)=O. The van der Waals surface area contributed by atoms with Crippen LogP contribution in [0.1, 0.15) is 320 Å². The topological polar surface area (TPSA) is 582 Å². The summed E-state index contributed by atoms with van der Waals surface area (Å²) in [7, 11) is 0. The van der Waals surface area contributed by atoms with E-state index < -0.39 is 268 Å². The smallest absolute Gasteiger partial charge is 0.254 e. The summed E-state index contributed by atoms with van der Waals surface area (Å²) in [6.45, 7) is 35.2. The number of aliphatic hydroxyl groups excluding tert-OH is 5. The molecule has 0 saturated heterocycles. The molecule has 5 saturated carbocycles. The van der Waals surface area contributed by atoms with E-state index in [1.165, 1.54) is 27.7 Å². The fourth-order valence-corrected chi connectivity index (χ4v) is 10.2. The molecule has 5 amide bonds. The molecule has 115 heavy (non-hydrogen) atoms. The number of aromatic amines is 5. The van der Waals surface area contributed by atoms with Crippen molar-refractivity contribution >= 4 is 59.3 Å². The monoisotopic (exact) mass is 1630 g/mol. The number of carbonyl (C=O) groups is 5. The Bertz CT molecular complexity index is 5520. The Labute approximate surface area is 710 Å². The van der Waals surface area contributed by atoms with Gasteiger partial charge in [0, 0.05) is 84.6 Å². The maximum atomic E-state index is 11.9. The fraction of sp³-hybridized carbons (Fsp3) is 0.688. The summed E-state index contributed by atoms with van der Waals surface area (Å²) in [5.41, 5.74) is 21.9. The predicted molar refractivity (Wildman–Crippen MR) is 444 cm³/mol. The number of anilines is 5. The number of rotatable bonds is 15.